The van der Waals surface area contributed by atoms with Crippen molar-refractivity contribution in [3.05, 3.63) is 59.7 Å². The SMILES string of the molecule is CC1C(C(=O)O)CCN1C(=O)CCCCNC(=O)OCC1c2ccccc2-c2ccccc21. The number of carbonyl (C=O) groups excluding carboxylic acids is 2. The second-order valence-electron chi connectivity index (χ2n) is 8.77. The number of carboxylic acid groups (broad SMARTS) is 1. The standard InChI is InChI=1S/C26H30N2O5/c1-17-18(25(30)31)13-15-28(17)24(29)12-6-7-14-27-26(32)33-16-23-21-10-4-2-8-19(21)20-9-3-5-11-22(20)23/h2-5,8-11,17-18,23H,6-7,12-16H2,1H3,(H,27,32)(H,30,31). The fourth-order valence-corrected chi connectivity index (χ4v) is 5.01. The van der Waals surface area contributed by atoms with E-state index in [-0.39, 0.29) is 24.5 Å². The van der Waals surface area contributed by atoms with E-state index in [0.29, 0.717) is 38.8 Å². The Morgan fingerprint density at radius 2 is 1.67 bits per heavy atom. The molecule has 1 heterocycles. The maximum atomic E-state index is 12.4. The molecule has 1 saturated heterocycles. The molecule has 2 aromatic rings. The molecule has 0 saturated carbocycles. The molecule has 2 aromatic carbocycles. The summed E-state index contributed by atoms with van der Waals surface area (Å²) in [4.78, 5) is 37.5. The summed E-state index contributed by atoms with van der Waals surface area (Å²) in [6.07, 6.45) is 1.68. The molecular formula is C26H30N2O5. The number of nitrogens with zero attached hydrogens (tertiary/aromatic N) is 1. The smallest absolute Gasteiger partial charge is 0.407 e. The van der Waals surface area contributed by atoms with Gasteiger partial charge in [0.15, 0.2) is 0 Å². The molecule has 1 aliphatic carbocycles. The van der Waals surface area contributed by atoms with Gasteiger partial charge in [0.1, 0.15) is 6.61 Å². The Hall–Kier alpha value is -3.35. The highest BCUT2D eigenvalue weighted by atomic mass is 16.5. The van der Waals surface area contributed by atoms with Crippen LogP contribution in [-0.2, 0) is 14.3 Å². The van der Waals surface area contributed by atoms with Crippen molar-refractivity contribution in [3.63, 3.8) is 0 Å². The van der Waals surface area contributed by atoms with Crippen LogP contribution in [0, 0.1) is 5.92 Å². The maximum absolute atomic E-state index is 12.4. The molecule has 2 N–H and O–H groups in total. The maximum Gasteiger partial charge on any atom is 0.407 e. The Balaban J connectivity index is 1.18. The predicted octanol–water partition coefficient (Wildman–Crippen LogP) is 4.02. The highest BCUT2D eigenvalue weighted by Crippen LogP contribution is 2.44. The third-order valence-electron chi connectivity index (χ3n) is 6.82. The first-order valence-corrected chi connectivity index (χ1v) is 11.6. The number of amides is 2. The van der Waals surface area contributed by atoms with E-state index in [0.717, 1.165) is 0 Å². The van der Waals surface area contributed by atoms with Crippen molar-refractivity contribution >= 4 is 18.0 Å². The minimum Gasteiger partial charge on any atom is -0.481 e. The topological polar surface area (TPSA) is 95.9 Å². The average Bonchev–Trinajstić information content (AvgIpc) is 3.35. The summed E-state index contributed by atoms with van der Waals surface area (Å²) >= 11 is 0. The lowest BCUT2D eigenvalue weighted by Gasteiger charge is -2.23. The monoisotopic (exact) mass is 450 g/mol. The van der Waals surface area contributed by atoms with Gasteiger partial charge in [-0.3, -0.25) is 9.59 Å². The lowest BCUT2D eigenvalue weighted by molar-refractivity contribution is -0.143. The Morgan fingerprint density at radius 3 is 2.27 bits per heavy atom. The van der Waals surface area contributed by atoms with E-state index in [4.69, 9.17) is 4.74 Å². The van der Waals surface area contributed by atoms with E-state index in [1.165, 1.54) is 22.3 Å². The zero-order chi connectivity index (χ0) is 23.4. The van der Waals surface area contributed by atoms with Crippen molar-refractivity contribution in [2.24, 2.45) is 5.92 Å². The van der Waals surface area contributed by atoms with Crippen LogP contribution in [0.25, 0.3) is 11.1 Å². The molecule has 7 heteroatoms. The molecule has 2 atom stereocenters. The van der Waals surface area contributed by atoms with E-state index in [1.54, 1.807) is 11.8 Å². The van der Waals surface area contributed by atoms with E-state index in [1.807, 2.05) is 24.3 Å². The third kappa shape index (κ3) is 4.87. The Kier molecular flexibility index (Phi) is 6.96. The lowest BCUT2D eigenvalue weighted by Crippen LogP contribution is -2.37. The largest absolute Gasteiger partial charge is 0.481 e. The number of ether oxygens (including phenoxy) is 1. The fourth-order valence-electron chi connectivity index (χ4n) is 5.01. The van der Waals surface area contributed by atoms with E-state index in [2.05, 4.69) is 29.6 Å². The van der Waals surface area contributed by atoms with E-state index in [9.17, 15) is 19.5 Å². The van der Waals surface area contributed by atoms with Gasteiger partial charge < -0.3 is 20.1 Å². The van der Waals surface area contributed by atoms with Crippen molar-refractivity contribution < 1.29 is 24.2 Å². The molecule has 0 spiro atoms. The molecule has 174 valence electrons. The van der Waals surface area contributed by atoms with Crippen LogP contribution < -0.4 is 5.32 Å². The molecule has 1 aliphatic heterocycles. The van der Waals surface area contributed by atoms with Crippen LogP contribution in [0.5, 0.6) is 0 Å². The summed E-state index contributed by atoms with van der Waals surface area (Å²) in [6, 6.07) is 16.1. The first-order valence-electron chi connectivity index (χ1n) is 11.6. The molecule has 4 rings (SSSR count). The Labute approximate surface area is 193 Å². The Bertz CT molecular complexity index is 991. The van der Waals surface area contributed by atoms with Crippen LogP contribution in [0.4, 0.5) is 4.79 Å². The van der Waals surface area contributed by atoms with Gasteiger partial charge >= 0.3 is 12.1 Å². The molecule has 7 nitrogen and oxygen atoms in total. The summed E-state index contributed by atoms with van der Waals surface area (Å²) in [5.74, 6) is -1.32. The zero-order valence-electron chi connectivity index (χ0n) is 18.8. The number of hydrogen-bond donors (Lipinski definition) is 2. The fraction of sp³-hybridized carbons (Fsp3) is 0.423. The number of fused-ring (bicyclic) bond motifs is 3. The van der Waals surface area contributed by atoms with Crippen molar-refractivity contribution in [1.82, 2.24) is 10.2 Å². The molecule has 33 heavy (non-hydrogen) atoms. The van der Waals surface area contributed by atoms with Gasteiger partial charge in [0.2, 0.25) is 5.91 Å². The molecular weight excluding hydrogens is 420 g/mol. The van der Waals surface area contributed by atoms with Gasteiger partial charge in [-0.2, -0.15) is 0 Å². The summed E-state index contributed by atoms with van der Waals surface area (Å²) < 4.78 is 5.52. The highest BCUT2D eigenvalue weighted by molar-refractivity contribution is 5.80. The summed E-state index contributed by atoms with van der Waals surface area (Å²) in [6.45, 7) is 2.99. The van der Waals surface area contributed by atoms with Gasteiger partial charge in [-0.05, 0) is 48.4 Å². The summed E-state index contributed by atoms with van der Waals surface area (Å²) in [7, 11) is 0. The van der Waals surface area contributed by atoms with E-state index >= 15 is 0 Å². The number of aliphatic carboxylic acids is 1. The van der Waals surface area contributed by atoms with Gasteiger partial charge in [0.25, 0.3) is 0 Å². The van der Waals surface area contributed by atoms with Crippen LogP contribution in [0.3, 0.4) is 0 Å². The number of hydrogen-bond acceptors (Lipinski definition) is 4. The van der Waals surface area contributed by atoms with Crippen LogP contribution in [-0.4, -0.2) is 53.7 Å². The van der Waals surface area contributed by atoms with Crippen LogP contribution in [0.1, 0.15) is 49.7 Å². The van der Waals surface area contributed by atoms with E-state index < -0.39 is 18.0 Å². The summed E-state index contributed by atoms with van der Waals surface area (Å²) in [5, 5.41) is 12.0. The molecule has 1 fully saturated rings. The number of carboxylic acids is 1. The van der Waals surface area contributed by atoms with Gasteiger partial charge in [-0.15, -0.1) is 0 Å². The molecule has 2 aliphatic rings. The first kappa shape index (κ1) is 22.8. The normalized spacial score (nSPS) is 19.1. The second-order valence-corrected chi connectivity index (χ2v) is 8.77. The number of unbranched alkanes of at least 4 members (excludes halogenated alkanes) is 1. The zero-order valence-corrected chi connectivity index (χ0v) is 18.8. The molecule has 0 aromatic heterocycles. The molecule has 0 bridgehead atoms. The van der Waals surface area contributed by atoms with Gasteiger partial charge in [0, 0.05) is 31.5 Å². The number of nitrogens with one attached hydrogen (secondary N) is 1. The van der Waals surface area contributed by atoms with Crippen molar-refractivity contribution in [3.8, 4) is 11.1 Å². The summed E-state index contributed by atoms with van der Waals surface area (Å²) in [5.41, 5.74) is 4.72. The minimum atomic E-state index is -0.843. The van der Waals surface area contributed by atoms with Gasteiger partial charge in [0.05, 0.1) is 5.92 Å². The minimum absolute atomic E-state index is 0.0209. The number of rotatable bonds is 8. The number of carbonyl (C=O) groups is 3. The van der Waals surface area contributed by atoms with Crippen molar-refractivity contribution in [2.45, 2.75) is 44.6 Å². The molecule has 2 amide bonds. The van der Waals surface area contributed by atoms with Crippen LogP contribution in [0.15, 0.2) is 48.5 Å². The Morgan fingerprint density at radius 1 is 1.03 bits per heavy atom. The number of benzene rings is 2. The predicted molar refractivity (Wildman–Crippen MR) is 124 cm³/mol. The lowest BCUT2D eigenvalue weighted by atomic mass is 9.98. The van der Waals surface area contributed by atoms with Crippen LogP contribution >= 0.6 is 0 Å². The van der Waals surface area contributed by atoms with Gasteiger partial charge in [-0.1, -0.05) is 48.5 Å². The highest BCUT2D eigenvalue weighted by Gasteiger charge is 2.37. The molecule has 2 unspecified atom stereocenters. The third-order valence-corrected chi connectivity index (χ3v) is 6.82. The average molecular weight is 451 g/mol. The number of likely N-dealkylation sites (tertiary alicyclic amines) is 1. The quantitative estimate of drug-likeness (QED) is 0.593. The first-order chi connectivity index (χ1) is 16.0. The van der Waals surface area contributed by atoms with Gasteiger partial charge in [-0.25, -0.2) is 4.79 Å². The van der Waals surface area contributed by atoms with Crippen LogP contribution in [0.2, 0.25) is 0 Å². The second kappa shape index (κ2) is 10.1. The van der Waals surface area contributed by atoms with Crippen molar-refractivity contribution in [1.29, 1.82) is 0 Å². The number of alkyl carbamates (subject to hydrolysis) is 1. The van der Waals surface area contributed by atoms with Crippen molar-refractivity contribution in [2.75, 3.05) is 19.7 Å². The molecule has 0 radical (unpaired) electrons.